The zero-order valence-corrected chi connectivity index (χ0v) is 12.1. The monoisotopic (exact) mass is 286 g/mol. The number of ether oxygens (including phenoxy) is 2. The predicted molar refractivity (Wildman–Crippen MR) is 81.6 cm³/mol. The fourth-order valence-corrected chi connectivity index (χ4v) is 1.90. The van der Waals surface area contributed by atoms with Crippen molar-refractivity contribution in [2.45, 2.75) is 6.54 Å². The molecule has 110 valence electrons. The van der Waals surface area contributed by atoms with Crippen molar-refractivity contribution in [2.24, 2.45) is 0 Å². The van der Waals surface area contributed by atoms with Crippen LogP contribution in [0.15, 0.2) is 42.5 Å². The summed E-state index contributed by atoms with van der Waals surface area (Å²) in [7, 11) is 3.09. The number of amides is 1. The second kappa shape index (κ2) is 6.65. The Labute approximate surface area is 123 Å². The highest BCUT2D eigenvalue weighted by atomic mass is 16.5. The third kappa shape index (κ3) is 3.66. The lowest BCUT2D eigenvalue weighted by molar-refractivity contribution is 0.0950. The van der Waals surface area contributed by atoms with Gasteiger partial charge in [0.05, 0.1) is 14.2 Å². The molecule has 0 aliphatic heterocycles. The smallest absolute Gasteiger partial charge is 0.251 e. The molecule has 0 atom stereocenters. The molecule has 2 aromatic carbocycles. The van der Waals surface area contributed by atoms with Crippen molar-refractivity contribution >= 4 is 11.6 Å². The van der Waals surface area contributed by atoms with Crippen LogP contribution in [0.5, 0.6) is 11.5 Å². The molecule has 0 unspecified atom stereocenters. The highest BCUT2D eigenvalue weighted by Gasteiger charge is 2.10. The Kier molecular flexibility index (Phi) is 4.66. The van der Waals surface area contributed by atoms with E-state index in [0.717, 1.165) is 5.56 Å². The van der Waals surface area contributed by atoms with Crippen LogP contribution in [0, 0.1) is 0 Å². The van der Waals surface area contributed by atoms with Crippen LogP contribution in [0.1, 0.15) is 15.9 Å². The number of benzene rings is 2. The average molecular weight is 286 g/mol. The first-order valence-electron chi connectivity index (χ1n) is 6.48. The first-order valence-corrected chi connectivity index (χ1v) is 6.48. The van der Waals surface area contributed by atoms with Gasteiger partial charge in [-0.05, 0) is 35.9 Å². The molecular formula is C16H18N2O3. The van der Waals surface area contributed by atoms with E-state index in [1.165, 1.54) is 7.11 Å². The molecule has 0 fully saturated rings. The number of anilines is 1. The van der Waals surface area contributed by atoms with E-state index < -0.39 is 0 Å². The van der Waals surface area contributed by atoms with Crippen LogP contribution in [-0.4, -0.2) is 20.1 Å². The number of hydrogen-bond acceptors (Lipinski definition) is 4. The number of carbonyl (C=O) groups excluding carboxylic acids is 1. The minimum atomic E-state index is -0.173. The molecule has 0 saturated carbocycles. The summed E-state index contributed by atoms with van der Waals surface area (Å²) in [5.41, 5.74) is 7.82. The summed E-state index contributed by atoms with van der Waals surface area (Å²) >= 11 is 0. The van der Waals surface area contributed by atoms with Gasteiger partial charge in [-0.1, -0.05) is 12.1 Å². The molecular weight excluding hydrogens is 268 g/mol. The zero-order chi connectivity index (χ0) is 15.2. The normalized spacial score (nSPS) is 10.0. The summed E-state index contributed by atoms with van der Waals surface area (Å²) in [6, 6.07) is 12.4. The molecule has 0 aliphatic rings. The van der Waals surface area contributed by atoms with E-state index in [4.69, 9.17) is 15.2 Å². The lowest BCUT2D eigenvalue weighted by Crippen LogP contribution is -2.22. The van der Waals surface area contributed by atoms with Crippen LogP contribution in [0.3, 0.4) is 0 Å². The van der Waals surface area contributed by atoms with Gasteiger partial charge in [-0.3, -0.25) is 4.79 Å². The average Bonchev–Trinajstić information content (AvgIpc) is 2.53. The SMILES string of the molecule is COc1ccc(C(=O)NCc2ccc(N)cc2)cc1OC. The Morgan fingerprint density at radius 2 is 1.71 bits per heavy atom. The largest absolute Gasteiger partial charge is 0.493 e. The van der Waals surface area contributed by atoms with Crippen LogP contribution >= 0.6 is 0 Å². The number of nitrogens with one attached hydrogen (secondary N) is 1. The summed E-state index contributed by atoms with van der Waals surface area (Å²) < 4.78 is 10.3. The summed E-state index contributed by atoms with van der Waals surface area (Å²) in [4.78, 5) is 12.1. The maximum absolute atomic E-state index is 12.1. The van der Waals surface area contributed by atoms with Crippen molar-refractivity contribution in [1.82, 2.24) is 5.32 Å². The van der Waals surface area contributed by atoms with Gasteiger partial charge in [-0.15, -0.1) is 0 Å². The maximum Gasteiger partial charge on any atom is 0.251 e. The van der Waals surface area contributed by atoms with Gasteiger partial charge in [-0.25, -0.2) is 0 Å². The molecule has 2 aromatic rings. The van der Waals surface area contributed by atoms with E-state index in [2.05, 4.69) is 5.32 Å². The van der Waals surface area contributed by atoms with Gasteiger partial charge in [0.2, 0.25) is 0 Å². The van der Waals surface area contributed by atoms with Gasteiger partial charge in [-0.2, -0.15) is 0 Å². The van der Waals surface area contributed by atoms with Crippen LogP contribution in [0.2, 0.25) is 0 Å². The van der Waals surface area contributed by atoms with Crippen LogP contribution in [0.25, 0.3) is 0 Å². The number of rotatable bonds is 5. The number of methoxy groups -OCH3 is 2. The lowest BCUT2D eigenvalue weighted by Gasteiger charge is -2.10. The molecule has 2 rings (SSSR count). The molecule has 0 spiro atoms. The van der Waals surface area contributed by atoms with Gasteiger partial charge in [0, 0.05) is 17.8 Å². The molecule has 3 N–H and O–H groups in total. The summed E-state index contributed by atoms with van der Waals surface area (Å²) in [5, 5.41) is 2.85. The quantitative estimate of drug-likeness (QED) is 0.827. The van der Waals surface area contributed by atoms with Gasteiger partial charge in [0.25, 0.3) is 5.91 Å². The Morgan fingerprint density at radius 1 is 1.05 bits per heavy atom. The molecule has 0 radical (unpaired) electrons. The van der Waals surface area contributed by atoms with Crippen molar-refractivity contribution in [3.63, 3.8) is 0 Å². The minimum Gasteiger partial charge on any atom is -0.493 e. The van der Waals surface area contributed by atoms with E-state index >= 15 is 0 Å². The first kappa shape index (κ1) is 14.7. The summed E-state index contributed by atoms with van der Waals surface area (Å²) in [6.07, 6.45) is 0. The summed E-state index contributed by atoms with van der Waals surface area (Å²) in [6.45, 7) is 0.438. The fourth-order valence-electron chi connectivity index (χ4n) is 1.90. The van der Waals surface area contributed by atoms with Crippen LogP contribution in [-0.2, 0) is 6.54 Å². The Morgan fingerprint density at radius 3 is 2.33 bits per heavy atom. The number of nitrogen functional groups attached to an aromatic ring is 1. The second-order valence-electron chi connectivity index (χ2n) is 4.49. The first-order chi connectivity index (χ1) is 10.1. The van der Waals surface area contributed by atoms with Gasteiger partial charge < -0.3 is 20.5 Å². The Bertz CT molecular complexity index is 624. The van der Waals surface area contributed by atoms with E-state index in [1.54, 1.807) is 37.4 Å². The zero-order valence-electron chi connectivity index (χ0n) is 12.1. The molecule has 1 amide bonds. The molecule has 5 nitrogen and oxygen atoms in total. The second-order valence-corrected chi connectivity index (χ2v) is 4.49. The highest BCUT2D eigenvalue weighted by Crippen LogP contribution is 2.27. The highest BCUT2D eigenvalue weighted by molar-refractivity contribution is 5.94. The number of carbonyl (C=O) groups is 1. The van der Waals surface area contributed by atoms with Gasteiger partial charge in [0.15, 0.2) is 11.5 Å². The van der Waals surface area contributed by atoms with Crippen molar-refractivity contribution in [3.05, 3.63) is 53.6 Å². The van der Waals surface area contributed by atoms with Gasteiger partial charge in [0.1, 0.15) is 0 Å². The van der Waals surface area contributed by atoms with E-state index in [0.29, 0.717) is 29.3 Å². The third-order valence-corrected chi connectivity index (χ3v) is 3.08. The van der Waals surface area contributed by atoms with E-state index in [-0.39, 0.29) is 5.91 Å². The molecule has 5 heteroatoms. The molecule has 0 aromatic heterocycles. The van der Waals surface area contributed by atoms with E-state index in [9.17, 15) is 4.79 Å². The Hall–Kier alpha value is -2.69. The molecule has 0 aliphatic carbocycles. The lowest BCUT2D eigenvalue weighted by atomic mass is 10.1. The molecule has 21 heavy (non-hydrogen) atoms. The maximum atomic E-state index is 12.1. The van der Waals surface area contributed by atoms with Crippen molar-refractivity contribution < 1.29 is 14.3 Å². The minimum absolute atomic E-state index is 0.173. The van der Waals surface area contributed by atoms with Crippen LogP contribution in [0.4, 0.5) is 5.69 Å². The third-order valence-electron chi connectivity index (χ3n) is 3.08. The summed E-state index contributed by atoms with van der Waals surface area (Å²) in [5.74, 6) is 0.943. The number of hydrogen-bond donors (Lipinski definition) is 2. The van der Waals surface area contributed by atoms with Crippen molar-refractivity contribution in [1.29, 1.82) is 0 Å². The van der Waals surface area contributed by atoms with Crippen molar-refractivity contribution in [2.75, 3.05) is 20.0 Å². The van der Waals surface area contributed by atoms with Crippen molar-refractivity contribution in [3.8, 4) is 11.5 Å². The molecule has 0 bridgehead atoms. The number of nitrogens with two attached hydrogens (primary N) is 1. The molecule has 0 heterocycles. The Balaban J connectivity index is 2.04. The van der Waals surface area contributed by atoms with Crippen LogP contribution < -0.4 is 20.5 Å². The van der Waals surface area contributed by atoms with E-state index in [1.807, 2.05) is 12.1 Å². The predicted octanol–water partition coefficient (Wildman–Crippen LogP) is 2.22. The standard InChI is InChI=1S/C16H18N2O3/c1-20-14-8-5-12(9-15(14)21-2)16(19)18-10-11-3-6-13(17)7-4-11/h3-9H,10,17H2,1-2H3,(H,18,19). The topological polar surface area (TPSA) is 73.6 Å². The molecule has 0 saturated heterocycles. The van der Waals surface area contributed by atoms with Gasteiger partial charge >= 0.3 is 0 Å². The fraction of sp³-hybridized carbons (Fsp3) is 0.188.